The summed E-state index contributed by atoms with van der Waals surface area (Å²) in [5.74, 6) is -0.875. The number of halogens is 1. The number of Topliss-reactive ketones (excluding diaryl/α,β-unsaturated/α-hetero) is 2. The lowest BCUT2D eigenvalue weighted by molar-refractivity contribution is -0.141. The third-order valence-corrected chi connectivity index (χ3v) is 6.53. The van der Waals surface area contributed by atoms with Gasteiger partial charge in [0.2, 0.25) is 0 Å². The number of aliphatic carboxylic acids is 1. The highest BCUT2D eigenvalue weighted by atomic mass is 35.5. The Hall–Kier alpha value is -4.22. The van der Waals surface area contributed by atoms with E-state index in [0.29, 0.717) is 34.1 Å². The van der Waals surface area contributed by atoms with Crippen LogP contribution < -0.4 is 4.74 Å². The largest absolute Gasteiger partial charge is 0.481 e. The van der Waals surface area contributed by atoms with Crippen molar-refractivity contribution >= 4 is 29.1 Å². The smallest absolute Gasteiger partial charge is 0.306 e. The Morgan fingerprint density at radius 2 is 1.21 bits per heavy atom. The number of carbonyl (C=O) groups excluding carboxylic acids is 2. The van der Waals surface area contributed by atoms with Gasteiger partial charge in [0.05, 0.1) is 5.92 Å². The van der Waals surface area contributed by atoms with Crippen molar-refractivity contribution in [1.82, 2.24) is 0 Å². The van der Waals surface area contributed by atoms with Crippen molar-refractivity contribution in [3.63, 3.8) is 0 Å². The summed E-state index contributed by atoms with van der Waals surface area (Å²) in [4.78, 5) is 37.2. The van der Waals surface area contributed by atoms with Gasteiger partial charge in [-0.15, -0.1) is 0 Å². The minimum absolute atomic E-state index is 0.0792. The summed E-state index contributed by atoms with van der Waals surface area (Å²) >= 11 is 5.94. The number of benzene rings is 4. The van der Waals surface area contributed by atoms with E-state index >= 15 is 0 Å². The van der Waals surface area contributed by atoms with Crippen molar-refractivity contribution in [1.29, 1.82) is 0 Å². The molecular weight excluding hydrogens is 500 g/mol. The van der Waals surface area contributed by atoms with Crippen LogP contribution in [-0.4, -0.2) is 22.6 Å². The summed E-state index contributed by atoms with van der Waals surface area (Å²) in [6.45, 7) is 0. The van der Waals surface area contributed by atoms with Gasteiger partial charge < -0.3 is 9.84 Å². The summed E-state index contributed by atoms with van der Waals surface area (Å²) in [7, 11) is 0. The van der Waals surface area contributed by atoms with Crippen LogP contribution in [0.15, 0.2) is 103 Å². The molecule has 4 aromatic carbocycles. The second-order valence-electron chi connectivity index (χ2n) is 9.00. The lowest BCUT2D eigenvalue weighted by atomic mass is 9.92. The maximum absolute atomic E-state index is 12.8. The Morgan fingerprint density at radius 1 is 0.684 bits per heavy atom. The van der Waals surface area contributed by atoms with Crippen LogP contribution in [-0.2, 0) is 4.79 Å². The fourth-order valence-electron chi connectivity index (χ4n) is 4.13. The molecule has 0 aliphatic carbocycles. The molecule has 0 saturated carbocycles. The summed E-state index contributed by atoms with van der Waals surface area (Å²) in [6, 6.07) is 30.7. The molecule has 0 saturated heterocycles. The van der Waals surface area contributed by atoms with Crippen LogP contribution in [0.25, 0.3) is 11.1 Å². The number of carboxylic acid groups (broad SMARTS) is 1. The van der Waals surface area contributed by atoms with Crippen molar-refractivity contribution in [3.05, 3.63) is 119 Å². The van der Waals surface area contributed by atoms with Gasteiger partial charge >= 0.3 is 5.97 Å². The normalized spacial score (nSPS) is 11.5. The molecule has 38 heavy (non-hydrogen) atoms. The Morgan fingerprint density at radius 3 is 1.82 bits per heavy atom. The maximum atomic E-state index is 12.8. The van der Waals surface area contributed by atoms with Crippen molar-refractivity contribution in [2.45, 2.75) is 25.7 Å². The minimum Gasteiger partial charge on any atom is -0.481 e. The summed E-state index contributed by atoms with van der Waals surface area (Å²) in [6.07, 6.45) is 0.702. The number of ether oxygens (including phenoxy) is 1. The van der Waals surface area contributed by atoms with E-state index in [1.807, 2.05) is 54.6 Å². The van der Waals surface area contributed by atoms with E-state index in [-0.39, 0.29) is 30.8 Å². The third-order valence-electron chi connectivity index (χ3n) is 6.28. The first-order valence-corrected chi connectivity index (χ1v) is 12.7. The van der Waals surface area contributed by atoms with E-state index < -0.39 is 11.9 Å². The zero-order valence-electron chi connectivity index (χ0n) is 20.7. The van der Waals surface area contributed by atoms with Crippen molar-refractivity contribution < 1.29 is 24.2 Å². The molecule has 4 rings (SSSR count). The number of carboxylic acids is 1. The molecule has 0 heterocycles. The Kier molecular flexibility index (Phi) is 9.07. The number of para-hydroxylation sites is 1. The Labute approximate surface area is 226 Å². The number of rotatable bonds is 12. The number of carbonyl (C=O) groups is 3. The van der Waals surface area contributed by atoms with E-state index in [0.717, 1.165) is 11.1 Å². The van der Waals surface area contributed by atoms with Crippen molar-refractivity contribution in [2.75, 3.05) is 0 Å². The minimum atomic E-state index is -1.04. The maximum Gasteiger partial charge on any atom is 0.306 e. The molecule has 192 valence electrons. The van der Waals surface area contributed by atoms with E-state index in [1.165, 1.54) is 0 Å². The topological polar surface area (TPSA) is 80.7 Å². The van der Waals surface area contributed by atoms with Gasteiger partial charge in [-0.1, -0.05) is 66.2 Å². The number of ketones is 2. The first-order valence-electron chi connectivity index (χ1n) is 12.4. The fraction of sp³-hybridized carbons (Fsp3) is 0.156. The highest BCUT2D eigenvalue weighted by Crippen LogP contribution is 2.25. The Balaban J connectivity index is 1.28. The van der Waals surface area contributed by atoms with Crippen molar-refractivity contribution in [3.8, 4) is 22.6 Å². The number of hydrogen-bond donors (Lipinski definition) is 1. The van der Waals surface area contributed by atoms with Crippen LogP contribution in [0.4, 0.5) is 0 Å². The second-order valence-corrected chi connectivity index (χ2v) is 9.44. The standard InChI is InChI=1S/C32H27ClO5/c33-27-17-13-23(14-18-27)22-9-11-25(12-10-22)31(35)21-26(32(36)37)5-4-8-30(34)24-15-19-29(20-16-24)38-28-6-2-1-3-7-28/h1-3,6-7,9-20,26H,4-5,8,21H2,(H,36,37). The average Bonchev–Trinajstić information content (AvgIpc) is 2.94. The molecule has 1 unspecified atom stereocenters. The van der Waals surface area contributed by atoms with Crippen LogP contribution >= 0.6 is 11.6 Å². The van der Waals surface area contributed by atoms with Gasteiger partial charge in [0, 0.05) is 29.0 Å². The molecule has 1 N–H and O–H groups in total. The van der Waals surface area contributed by atoms with Gasteiger partial charge in [-0.3, -0.25) is 14.4 Å². The molecule has 0 aliphatic rings. The molecule has 0 aromatic heterocycles. The SMILES string of the molecule is O=C(CCCC(CC(=O)c1ccc(-c2ccc(Cl)cc2)cc1)C(=O)O)c1ccc(Oc2ccccc2)cc1. The highest BCUT2D eigenvalue weighted by molar-refractivity contribution is 6.30. The first-order chi connectivity index (χ1) is 18.4. The quantitative estimate of drug-likeness (QED) is 0.188. The molecular formula is C32H27ClO5. The van der Waals surface area contributed by atoms with Crippen LogP contribution in [0, 0.1) is 5.92 Å². The molecule has 0 fully saturated rings. The van der Waals surface area contributed by atoms with E-state index in [4.69, 9.17) is 16.3 Å². The summed E-state index contributed by atoms with van der Waals surface area (Å²) < 4.78 is 5.75. The summed E-state index contributed by atoms with van der Waals surface area (Å²) in [5, 5.41) is 10.3. The Bertz CT molecular complexity index is 1380. The van der Waals surface area contributed by atoms with Gasteiger partial charge in [0.1, 0.15) is 11.5 Å². The van der Waals surface area contributed by atoms with Gasteiger partial charge in [0.15, 0.2) is 11.6 Å². The monoisotopic (exact) mass is 526 g/mol. The predicted octanol–water partition coefficient (Wildman–Crippen LogP) is 8.13. The zero-order chi connectivity index (χ0) is 26.9. The zero-order valence-corrected chi connectivity index (χ0v) is 21.4. The molecule has 1 atom stereocenters. The van der Waals surface area contributed by atoms with E-state index in [1.54, 1.807) is 48.5 Å². The third kappa shape index (κ3) is 7.40. The summed E-state index contributed by atoms with van der Waals surface area (Å²) in [5.41, 5.74) is 2.91. The molecule has 0 radical (unpaired) electrons. The van der Waals surface area contributed by atoms with Crippen LogP contribution in [0.2, 0.25) is 5.02 Å². The highest BCUT2D eigenvalue weighted by Gasteiger charge is 2.22. The van der Waals surface area contributed by atoms with Gasteiger partial charge in [-0.2, -0.15) is 0 Å². The van der Waals surface area contributed by atoms with Crippen molar-refractivity contribution in [2.24, 2.45) is 5.92 Å². The second kappa shape index (κ2) is 12.8. The molecule has 0 aliphatic heterocycles. The number of hydrogen-bond acceptors (Lipinski definition) is 4. The molecule has 0 spiro atoms. The van der Waals surface area contributed by atoms with Crippen LogP contribution in [0.3, 0.4) is 0 Å². The molecule has 5 nitrogen and oxygen atoms in total. The van der Waals surface area contributed by atoms with Gasteiger partial charge in [-0.05, 0) is 72.5 Å². The lowest BCUT2D eigenvalue weighted by Gasteiger charge is -2.12. The van der Waals surface area contributed by atoms with E-state index in [2.05, 4.69) is 0 Å². The predicted molar refractivity (Wildman–Crippen MR) is 148 cm³/mol. The lowest BCUT2D eigenvalue weighted by Crippen LogP contribution is -2.18. The van der Waals surface area contributed by atoms with Gasteiger partial charge in [0.25, 0.3) is 0 Å². The van der Waals surface area contributed by atoms with E-state index in [9.17, 15) is 19.5 Å². The first kappa shape index (κ1) is 26.8. The molecule has 0 bridgehead atoms. The van der Waals surface area contributed by atoms with Crippen LogP contribution in [0.5, 0.6) is 11.5 Å². The molecule has 0 amide bonds. The molecule has 6 heteroatoms. The molecule has 4 aromatic rings. The van der Waals surface area contributed by atoms with Gasteiger partial charge in [-0.25, -0.2) is 0 Å². The average molecular weight is 527 g/mol. The van der Waals surface area contributed by atoms with Crippen LogP contribution in [0.1, 0.15) is 46.4 Å². The fourth-order valence-corrected chi connectivity index (χ4v) is 4.26.